The smallest absolute Gasteiger partial charge is 0.235 e. The number of likely N-dealkylation sites (tertiary alicyclic amines) is 1. The highest BCUT2D eigenvalue weighted by atomic mass is 16.3. The number of carbonyl (C=O) groups excluding carboxylic acids is 5. The third kappa shape index (κ3) is 3.92. The number of phenolic OH excluding ortho intramolecular Hbond substituents is 1. The normalized spacial score (nSPS) is 35.4. The summed E-state index contributed by atoms with van der Waals surface area (Å²) in [5.41, 5.74) is 2.97. The first kappa shape index (κ1) is 27.4. The Balaban J connectivity index is 1.56. The highest BCUT2D eigenvalue weighted by Crippen LogP contribution is 2.51. The average Bonchev–Trinajstić information content (AvgIpc) is 2.86. The minimum atomic E-state index is -2.99. The number of phenols is 1. The second kappa shape index (κ2) is 9.47. The average molecular weight is 543 g/mol. The first-order valence-corrected chi connectivity index (χ1v) is 13.1. The van der Waals surface area contributed by atoms with Crippen molar-refractivity contribution in [2.24, 2.45) is 29.4 Å². The molecule has 210 valence electrons. The number of amides is 1. The maximum Gasteiger partial charge on any atom is 0.235 e. The number of aliphatic hydroxyl groups is 2. The molecule has 1 aromatic carbocycles. The monoisotopic (exact) mass is 542 g/mol. The van der Waals surface area contributed by atoms with Gasteiger partial charge in [-0.05, 0) is 65.1 Å². The molecule has 12 nitrogen and oxygen atoms in total. The summed E-state index contributed by atoms with van der Waals surface area (Å²) in [7, 11) is 4.94. The second-order valence-corrected chi connectivity index (χ2v) is 11.6. The van der Waals surface area contributed by atoms with Crippen LogP contribution in [0.5, 0.6) is 5.75 Å². The van der Waals surface area contributed by atoms with Crippen LogP contribution < -0.4 is 11.1 Å². The lowest BCUT2D eigenvalue weighted by molar-refractivity contribution is -0.195. The molecule has 4 aliphatic rings. The van der Waals surface area contributed by atoms with Crippen LogP contribution in [0.1, 0.15) is 28.8 Å². The summed E-state index contributed by atoms with van der Waals surface area (Å²) >= 11 is 0. The molecule has 1 aromatic rings. The first-order valence-electron chi connectivity index (χ1n) is 13.1. The number of aliphatic hydroxyl groups excluding tert-OH is 1. The van der Waals surface area contributed by atoms with Gasteiger partial charge in [0.1, 0.15) is 5.75 Å². The van der Waals surface area contributed by atoms with Crippen LogP contribution in [0.4, 0.5) is 5.69 Å². The molecule has 3 fully saturated rings. The van der Waals surface area contributed by atoms with Gasteiger partial charge in [-0.3, -0.25) is 28.9 Å². The fourth-order valence-corrected chi connectivity index (χ4v) is 7.08. The predicted octanol–water partition coefficient (Wildman–Crippen LogP) is -1.66. The lowest BCUT2D eigenvalue weighted by atomic mass is 9.51. The molecule has 1 heterocycles. The zero-order valence-corrected chi connectivity index (χ0v) is 22.1. The number of nitrogens with zero attached hydrogens (tertiary/aromatic N) is 2. The van der Waals surface area contributed by atoms with Crippen molar-refractivity contribution < 1.29 is 39.3 Å². The van der Waals surface area contributed by atoms with Crippen LogP contribution in [0.2, 0.25) is 0 Å². The molecule has 0 bridgehead atoms. The van der Waals surface area contributed by atoms with Gasteiger partial charge in [0.05, 0.1) is 35.2 Å². The number of ketones is 4. The number of Topliss-reactive ketones (excluding diaryl/α,β-unsaturated/α-hetero) is 4. The van der Waals surface area contributed by atoms with Crippen LogP contribution in [0.15, 0.2) is 12.1 Å². The van der Waals surface area contributed by atoms with Crippen molar-refractivity contribution in [2.75, 3.05) is 39.5 Å². The standard InChI is InChI=1S/C27H34N4O8/c1-30(2)19-18-20(32)13-10-11-4-5-14(29-12-6-8-31(3)9-7-12)21(33)15(11)22(34)16(13)24(36)27(18,39)25(37)17(23(19)35)26(28)38/h4-5,12-13,16-20,29,32-33,39H,6-10H2,1-3H3,(H2,28,38)/t13-,16?,17?,18-,19+,20+,27+/m1/s1. The van der Waals surface area contributed by atoms with Gasteiger partial charge in [-0.15, -0.1) is 0 Å². The molecule has 5 rings (SSSR count). The van der Waals surface area contributed by atoms with Crippen molar-refractivity contribution in [2.45, 2.75) is 43.1 Å². The Morgan fingerprint density at radius 2 is 1.77 bits per heavy atom. The van der Waals surface area contributed by atoms with Crippen LogP contribution in [-0.4, -0.2) is 112 Å². The minimum Gasteiger partial charge on any atom is -0.505 e. The zero-order chi connectivity index (χ0) is 28.5. The Morgan fingerprint density at radius 3 is 2.36 bits per heavy atom. The number of aromatic hydroxyl groups is 1. The summed E-state index contributed by atoms with van der Waals surface area (Å²) < 4.78 is 0. The molecule has 1 saturated heterocycles. The third-order valence-electron chi connectivity index (χ3n) is 9.10. The maximum atomic E-state index is 13.9. The largest absolute Gasteiger partial charge is 0.505 e. The van der Waals surface area contributed by atoms with Crippen LogP contribution in [0, 0.1) is 23.7 Å². The molecule has 6 N–H and O–H groups in total. The van der Waals surface area contributed by atoms with E-state index < -0.39 is 70.5 Å². The number of piperidine rings is 1. The second-order valence-electron chi connectivity index (χ2n) is 11.6. The molecule has 2 unspecified atom stereocenters. The van der Waals surface area contributed by atoms with Crippen molar-refractivity contribution >= 4 is 34.7 Å². The van der Waals surface area contributed by atoms with Crippen molar-refractivity contribution in [3.05, 3.63) is 23.3 Å². The highest BCUT2D eigenvalue weighted by Gasteiger charge is 2.72. The fraction of sp³-hybridized carbons (Fsp3) is 0.593. The van der Waals surface area contributed by atoms with Crippen molar-refractivity contribution in [3.63, 3.8) is 0 Å². The molecular weight excluding hydrogens is 508 g/mol. The van der Waals surface area contributed by atoms with E-state index in [1.807, 2.05) is 7.05 Å². The van der Waals surface area contributed by atoms with E-state index in [2.05, 4.69) is 10.2 Å². The minimum absolute atomic E-state index is 0.00489. The number of rotatable bonds is 4. The topological polar surface area (TPSA) is 191 Å². The number of hydrogen-bond acceptors (Lipinski definition) is 11. The van der Waals surface area contributed by atoms with E-state index >= 15 is 0 Å². The number of likely N-dealkylation sites (N-methyl/N-ethyl adjacent to an activating group) is 1. The Kier molecular flexibility index (Phi) is 6.65. The molecule has 0 radical (unpaired) electrons. The van der Waals surface area contributed by atoms with Gasteiger partial charge in [0.25, 0.3) is 0 Å². The van der Waals surface area contributed by atoms with Gasteiger partial charge in [-0.25, -0.2) is 0 Å². The van der Waals surface area contributed by atoms with Crippen molar-refractivity contribution in [1.29, 1.82) is 0 Å². The maximum absolute atomic E-state index is 13.9. The third-order valence-corrected chi connectivity index (χ3v) is 9.10. The molecule has 2 saturated carbocycles. The molecule has 1 amide bonds. The van der Waals surface area contributed by atoms with Crippen LogP contribution >= 0.6 is 0 Å². The molecule has 39 heavy (non-hydrogen) atoms. The molecule has 3 aliphatic carbocycles. The SMILES string of the molecule is CN1CCC(Nc2ccc3c(c2O)C(=O)C2C(=O)[C@]4(O)C(=O)C(C(N)=O)C(=O)[C@@H](N(C)C)[C@@H]4[C@@H](O)[C@@H]2C3)CC1. The predicted molar refractivity (Wildman–Crippen MR) is 137 cm³/mol. The van der Waals surface area contributed by atoms with E-state index in [1.54, 1.807) is 12.1 Å². The van der Waals surface area contributed by atoms with Gasteiger partial charge in [-0.1, -0.05) is 6.07 Å². The van der Waals surface area contributed by atoms with Gasteiger partial charge in [0.15, 0.2) is 34.7 Å². The van der Waals surface area contributed by atoms with Crippen molar-refractivity contribution in [3.8, 4) is 5.75 Å². The summed E-state index contributed by atoms with van der Waals surface area (Å²) in [6.45, 7) is 1.74. The Morgan fingerprint density at radius 1 is 1.13 bits per heavy atom. The van der Waals surface area contributed by atoms with E-state index in [9.17, 15) is 39.3 Å². The van der Waals surface area contributed by atoms with Crippen LogP contribution in [-0.2, 0) is 25.6 Å². The quantitative estimate of drug-likeness (QED) is 0.216. The Hall–Kier alpha value is -3.19. The number of primary amides is 1. The number of hydrogen-bond donors (Lipinski definition) is 5. The fourth-order valence-electron chi connectivity index (χ4n) is 7.08. The molecule has 0 aromatic heterocycles. The van der Waals surface area contributed by atoms with Gasteiger partial charge >= 0.3 is 0 Å². The van der Waals surface area contributed by atoms with E-state index in [-0.39, 0.29) is 23.8 Å². The number of anilines is 1. The van der Waals surface area contributed by atoms with Crippen LogP contribution in [0.25, 0.3) is 0 Å². The Bertz CT molecular complexity index is 1270. The van der Waals surface area contributed by atoms with Crippen molar-refractivity contribution in [1.82, 2.24) is 9.80 Å². The van der Waals surface area contributed by atoms with Gasteiger partial charge in [0, 0.05) is 12.0 Å². The summed E-state index contributed by atoms with van der Waals surface area (Å²) in [6, 6.07) is 2.00. The van der Waals surface area contributed by atoms with E-state index in [1.165, 1.54) is 19.0 Å². The lowest BCUT2D eigenvalue weighted by Crippen LogP contribution is -2.77. The first-order chi connectivity index (χ1) is 18.3. The van der Waals surface area contributed by atoms with Crippen LogP contribution in [0.3, 0.4) is 0 Å². The molecule has 1 aliphatic heterocycles. The van der Waals surface area contributed by atoms with Gasteiger partial charge < -0.3 is 31.3 Å². The number of nitrogens with two attached hydrogens (primary N) is 1. The summed E-state index contributed by atoms with van der Waals surface area (Å²) in [5.74, 6) is -12.4. The summed E-state index contributed by atoms with van der Waals surface area (Å²) in [5, 5.41) is 37.5. The Labute approximate surface area is 225 Å². The van der Waals surface area contributed by atoms with Gasteiger partial charge in [0.2, 0.25) is 5.91 Å². The number of benzene rings is 1. The summed E-state index contributed by atoms with van der Waals surface area (Å²) in [6.07, 6.45) is 0.0390. The number of fused-ring (bicyclic) bond motifs is 3. The highest BCUT2D eigenvalue weighted by molar-refractivity contribution is 6.32. The molecule has 0 spiro atoms. The molecule has 12 heteroatoms. The summed E-state index contributed by atoms with van der Waals surface area (Å²) in [4.78, 5) is 69.8. The van der Waals surface area contributed by atoms with Gasteiger partial charge in [-0.2, -0.15) is 0 Å². The molecular formula is C27H34N4O8. The lowest BCUT2D eigenvalue weighted by Gasteiger charge is -2.54. The number of nitrogens with one attached hydrogen (secondary N) is 1. The van der Waals surface area contributed by atoms with E-state index in [0.717, 1.165) is 25.9 Å². The number of carbonyl (C=O) groups is 5. The van der Waals surface area contributed by atoms with E-state index in [4.69, 9.17) is 5.73 Å². The zero-order valence-electron chi connectivity index (χ0n) is 22.1. The molecule has 7 atom stereocenters. The van der Waals surface area contributed by atoms with E-state index in [0.29, 0.717) is 11.3 Å².